The number of para-hydroxylation sites is 1. The second-order valence-electron chi connectivity index (χ2n) is 5.84. The Labute approximate surface area is 164 Å². The summed E-state index contributed by atoms with van der Waals surface area (Å²) in [5.74, 6) is 1.75. The zero-order chi connectivity index (χ0) is 17.6. The Morgan fingerprint density at radius 1 is 0.423 bits per heavy atom. The van der Waals surface area contributed by atoms with Crippen LogP contribution in [-0.2, 0) is 0 Å². The number of hydrogen-bond acceptors (Lipinski definition) is 1. The first kappa shape index (κ1) is 16.9. The van der Waals surface area contributed by atoms with E-state index < -0.39 is 0 Å². The van der Waals surface area contributed by atoms with Gasteiger partial charge in [0.25, 0.3) is 0 Å². The van der Waals surface area contributed by atoms with Crippen LogP contribution < -0.4 is 25.9 Å². The fourth-order valence-electron chi connectivity index (χ4n) is 2.65. The molecule has 0 spiro atoms. The number of rotatable bonds is 5. The van der Waals surface area contributed by atoms with Crippen molar-refractivity contribution in [3.05, 3.63) is 116 Å². The zero-order valence-corrected chi connectivity index (χ0v) is 16.3. The Kier molecular flexibility index (Phi) is 5.31. The first-order valence-electron chi connectivity index (χ1n) is 8.50. The molecule has 0 unspecified atom stereocenters. The van der Waals surface area contributed by atoms with E-state index in [-0.39, 0.29) is 21.2 Å². The molecule has 4 aromatic rings. The summed E-state index contributed by atoms with van der Waals surface area (Å²) in [6.07, 6.45) is 0. The van der Waals surface area contributed by atoms with Crippen molar-refractivity contribution in [1.29, 1.82) is 0 Å². The van der Waals surface area contributed by atoms with E-state index in [0.29, 0.717) is 0 Å². The van der Waals surface area contributed by atoms with Gasteiger partial charge in [-0.3, -0.25) is 0 Å². The van der Waals surface area contributed by atoms with Gasteiger partial charge in [-0.15, -0.1) is 0 Å². The van der Waals surface area contributed by atoms with Crippen molar-refractivity contribution in [3.63, 3.8) is 0 Å². The maximum atomic E-state index is 5.86. The molecule has 26 heavy (non-hydrogen) atoms. The minimum atomic E-state index is -0.183. The molecule has 1 nitrogen and oxygen atoms in total. The number of halogens is 1. The molecule has 0 fully saturated rings. The van der Waals surface area contributed by atoms with Crippen molar-refractivity contribution in [2.75, 3.05) is 0 Å². The molecule has 0 saturated carbocycles. The van der Waals surface area contributed by atoms with E-state index in [4.69, 9.17) is 4.74 Å². The van der Waals surface area contributed by atoms with Gasteiger partial charge in [-0.25, -0.2) is 0 Å². The summed E-state index contributed by atoms with van der Waals surface area (Å²) in [6, 6.07) is 37.8. The molecule has 4 rings (SSSR count). The Morgan fingerprint density at radius 3 is 1.50 bits per heavy atom. The molecule has 0 N–H and O–H groups in total. The van der Waals surface area contributed by atoms with Gasteiger partial charge in [0.15, 0.2) is 0 Å². The summed E-state index contributed by atoms with van der Waals surface area (Å²) in [7, 11) is 0. The molecule has 0 aliphatic carbocycles. The van der Waals surface area contributed by atoms with Crippen molar-refractivity contribution in [2.45, 2.75) is 0 Å². The molecule has 2 heteroatoms. The van der Waals surface area contributed by atoms with Crippen LogP contribution in [0.3, 0.4) is 0 Å². The van der Waals surface area contributed by atoms with Crippen LogP contribution >= 0.6 is 0 Å². The Balaban J connectivity index is 1.42. The fourth-order valence-corrected chi connectivity index (χ4v) is 4.81. The molecule has 4 aromatic carbocycles. The molecule has 0 heterocycles. The van der Waals surface area contributed by atoms with Crippen LogP contribution in [0.15, 0.2) is 109 Å². The molecular weight excluding hydrogens is 431 g/mol. The van der Waals surface area contributed by atoms with Crippen LogP contribution in [-0.4, -0.2) is 0 Å². The van der Waals surface area contributed by atoms with Gasteiger partial charge in [0, 0.05) is 0 Å². The molecule has 0 radical (unpaired) electrons. The van der Waals surface area contributed by atoms with Gasteiger partial charge in [0.05, 0.1) is 0 Å². The predicted octanol–water partition coefficient (Wildman–Crippen LogP) is 3.27. The molecule has 0 saturated heterocycles. The maximum absolute atomic E-state index is 5.86. The van der Waals surface area contributed by atoms with Crippen molar-refractivity contribution < 1.29 is 25.9 Å². The number of benzene rings is 4. The van der Waals surface area contributed by atoms with E-state index in [1.165, 1.54) is 18.3 Å². The van der Waals surface area contributed by atoms with E-state index in [0.717, 1.165) is 11.5 Å². The van der Waals surface area contributed by atoms with Crippen molar-refractivity contribution in [1.82, 2.24) is 0 Å². The molecule has 0 bridgehead atoms. The molecule has 0 aliphatic heterocycles. The van der Waals surface area contributed by atoms with Crippen LogP contribution in [0.1, 0.15) is 0 Å². The summed E-state index contributed by atoms with van der Waals surface area (Å²) in [4.78, 5) is 0. The van der Waals surface area contributed by atoms with Crippen LogP contribution in [0.4, 0.5) is 0 Å². The molecule has 0 aliphatic rings. The number of ether oxygens (including phenoxy) is 1. The van der Waals surface area contributed by atoms with Gasteiger partial charge in [0.1, 0.15) is 0 Å². The normalized spacial score (nSPS) is 10.6. The molecule has 0 atom stereocenters. The molecule has 128 valence electrons. The van der Waals surface area contributed by atoms with Gasteiger partial charge in [-0.2, -0.15) is 0 Å². The van der Waals surface area contributed by atoms with E-state index in [2.05, 4.69) is 78.9 Å². The summed E-state index contributed by atoms with van der Waals surface area (Å²) in [5, 5.41) is 0. The second-order valence-corrected chi connectivity index (χ2v) is 8.87. The molecule has 0 aromatic heterocycles. The monoisotopic (exact) mass is 449 g/mol. The van der Waals surface area contributed by atoms with Gasteiger partial charge in [-0.1, -0.05) is 0 Å². The van der Waals surface area contributed by atoms with Crippen LogP contribution in [0.25, 0.3) is 11.1 Å². The van der Waals surface area contributed by atoms with E-state index in [9.17, 15) is 0 Å². The summed E-state index contributed by atoms with van der Waals surface area (Å²) >= 11 is -0.183. The Hall–Kier alpha value is -2.59. The SMILES string of the molecule is c1ccc(Oc2ccc([I-]c3ccc(-c4ccccc4)cc3)cc2)cc1. The Morgan fingerprint density at radius 2 is 0.885 bits per heavy atom. The van der Waals surface area contributed by atoms with E-state index in [1.54, 1.807) is 0 Å². The summed E-state index contributed by atoms with van der Waals surface area (Å²) in [5.41, 5.74) is 2.53. The fraction of sp³-hybridized carbons (Fsp3) is 0. The standard InChI is InChI=1S/C24H18IO/c1-3-7-19(8-4-1)20-11-13-21(14-12-20)25-22-15-17-24(18-16-22)26-23-9-5-2-6-10-23/h1-18H/q-1. The van der Waals surface area contributed by atoms with Gasteiger partial charge >= 0.3 is 165 Å². The first-order valence-corrected chi connectivity index (χ1v) is 10.7. The van der Waals surface area contributed by atoms with Crippen LogP contribution in [0, 0.1) is 7.14 Å². The van der Waals surface area contributed by atoms with Crippen LogP contribution in [0.2, 0.25) is 0 Å². The van der Waals surface area contributed by atoms with Crippen molar-refractivity contribution in [2.24, 2.45) is 0 Å². The first-order chi connectivity index (χ1) is 12.9. The molecule has 0 amide bonds. The van der Waals surface area contributed by atoms with E-state index >= 15 is 0 Å². The molecular formula is C24H18IO-. The van der Waals surface area contributed by atoms with Crippen molar-refractivity contribution >= 4 is 0 Å². The average molecular weight is 449 g/mol. The zero-order valence-electron chi connectivity index (χ0n) is 14.2. The second kappa shape index (κ2) is 8.19. The van der Waals surface area contributed by atoms with Crippen LogP contribution in [0.5, 0.6) is 11.5 Å². The van der Waals surface area contributed by atoms with Gasteiger partial charge < -0.3 is 0 Å². The third-order valence-corrected chi connectivity index (χ3v) is 6.65. The van der Waals surface area contributed by atoms with Gasteiger partial charge in [-0.05, 0) is 0 Å². The third-order valence-electron chi connectivity index (χ3n) is 3.96. The average Bonchev–Trinajstić information content (AvgIpc) is 2.72. The van der Waals surface area contributed by atoms with Gasteiger partial charge in [0.2, 0.25) is 0 Å². The van der Waals surface area contributed by atoms with E-state index in [1.807, 2.05) is 30.3 Å². The number of hydrogen-bond donors (Lipinski definition) is 0. The predicted molar refractivity (Wildman–Crippen MR) is 102 cm³/mol. The minimum absolute atomic E-state index is 0.183. The summed E-state index contributed by atoms with van der Waals surface area (Å²) in [6.45, 7) is 0. The van der Waals surface area contributed by atoms with Crippen molar-refractivity contribution in [3.8, 4) is 22.6 Å². The Bertz CT molecular complexity index is 946. The third kappa shape index (κ3) is 4.33. The summed E-state index contributed by atoms with van der Waals surface area (Å²) < 4.78 is 8.66. The quantitative estimate of drug-likeness (QED) is 0.425. The topological polar surface area (TPSA) is 9.23 Å².